The summed E-state index contributed by atoms with van der Waals surface area (Å²) in [5.74, 6) is -0.167. The van der Waals surface area contributed by atoms with Gasteiger partial charge >= 0.3 is 11.8 Å². The second-order valence-electron chi connectivity index (χ2n) is 7.44. The lowest BCUT2D eigenvalue weighted by molar-refractivity contribution is -0.136. The molecule has 2 heterocycles. The van der Waals surface area contributed by atoms with Crippen LogP contribution in [0.3, 0.4) is 0 Å². The second kappa shape index (κ2) is 10.2. The van der Waals surface area contributed by atoms with Crippen molar-refractivity contribution in [3.8, 4) is 11.5 Å². The van der Waals surface area contributed by atoms with E-state index in [0.717, 1.165) is 39.1 Å². The highest BCUT2D eigenvalue weighted by Crippen LogP contribution is 2.32. The van der Waals surface area contributed by atoms with E-state index in [2.05, 4.69) is 39.8 Å². The van der Waals surface area contributed by atoms with E-state index in [0.29, 0.717) is 36.9 Å². The van der Waals surface area contributed by atoms with Crippen molar-refractivity contribution in [3.63, 3.8) is 0 Å². The minimum atomic E-state index is -0.702. The maximum absolute atomic E-state index is 12.1. The number of morpholine rings is 1. The van der Waals surface area contributed by atoms with Gasteiger partial charge in [0, 0.05) is 37.1 Å². The lowest BCUT2D eigenvalue weighted by Gasteiger charge is -2.28. The van der Waals surface area contributed by atoms with Gasteiger partial charge in [0.25, 0.3) is 0 Å². The number of ether oxygens (including phenoxy) is 3. The van der Waals surface area contributed by atoms with Crippen LogP contribution < -0.4 is 25.0 Å². The van der Waals surface area contributed by atoms with Gasteiger partial charge in [-0.2, -0.15) is 0 Å². The summed E-state index contributed by atoms with van der Waals surface area (Å²) in [5, 5.41) is 5.26. The van der Waals surface area contributed by atoms with Crippen molar-refractivity contribution >= 4 is 23.2 Å². The average molecular weight is 425 g/mol. The van der Waals surface area contributed by atoms with Gasteiger partial charge in [-0.1, -0.05) is 12.1 Å². The Bertz CT molecular complexity index is 910. The number of aryl methyl sites for hydroxylation is 1. The number of hydrogen-bond acceptors (Lipinski definition) is 6. The first-order chi connectivity index (χ1) is 15.2. The summed E-state index contributed by atoms with van der Waals surface area (Å²) in [7, 11) is 0. The van der Waals surface area contributed by atoms with E-state index in [1.54, 1.807) is 18.2 Å². The molecule has 2 aliphatic rings. The Morgan fingerprint density at radius 2 is 1.61 bits per heavy atom. The Kier molecular flexibility index (Phi) is 6.89. The number of fused-ring (bicyclic) bond motifs is 1. The maximum Gasteiger partial charge on any atom is 0.313 e. The molecule has 2 N–H and O–H groups in total. The first-order valence-corrected chi connectivity index (χ1v) is 10.6. The van der Waals surface area contributed by atoms with Gasteiger partial charge in [0.05, 0.1) is 13.2 Å². The number of nitrogens with one attached hydrogen (secondary N) is 2. The number of hydrogen-bond donors (Lipinski definition) is 2. The first-order valence-electron chi connectivity index (χ1n) is 10.6. The number of benzene rings is 2. The zero-order chi connectivity index (χ0) is 21.5. The number of carbonyl (C=O) groups excluding carboxylic acids is 2. The van der Waals surface area contributed by atoms with Crippen LogP contribution in [-0.4, -0.2) is 57.9 Å². The van der Waals surface area contributed by atoms with E-state index < -0.39 is 11.8 Å². The summed E-state index contributed by atoms with van der Waals surface area (Å²) in [6.07, 6.45) is 1.58. The summed E-state index contributed by atoms with van der Waals surface area (Å²) < 4.78 is 16.3. The van der Waals surface area contributed by atoms with Crippen molar-refractivity contribution in [2.45, 2.75) is 12.8 Å². The van der Waals surface area contributed by atoms with Crippen molar-refractivity contribution < 1.29 is 23.8 Å². The number of amides is 2. The number of nitrogens with zero attached hydrogens (tertiary/aromatic N) is 1. The van der Waals surface area contributed by atoms with Crippen LogP contribution >= 0.6 is 0 Å². The molecule has 2 aromatic rings. The average Bonchev–Trinajstić information content (AvgIpc) is 2.82. The van der Waals surface area contributed by atoms with E-state index in [-0.39, 0.29) is 0 Å². The highest BCUT2D eigenvalue weighted by molar-refractivity contribution is 6.39. The third-order valence-electron chi connectivity index (χ3n) is 5.25. The Hall–Kier alpha value is -3.26. The fourth-order valence-corrected chi connectivity index (χ4v) is 3.58. The molecule has 8 nitrogen and oxygen atoms in total. The Morgan fingerprint density at radius 1 is 0.871 bits per heavy atom. The molecule has 2 aromatic carbocycles. The van der Waals surface area contributed by atoms with Crippen molar-refractivity contribution in [2.24, 2.45) is 0 Å². The number of carbonyl (C=O) groups is 2. The van der Waals surface area contributed by atoms with E-state index in [1.165, 1.54) is 11.3 Å². The van der Waals surface area contributed by atoms with Crippen molar-refractivity contribution in [1.29, 1.82) is 0 Å². The molecule has 0 bridgehead atoms. The fourth-order valence-electron chi connectivity index (χ4n) is 3.58. The third-order valence-corrected chi connectivity index (χ3v) is 5.25. The zero-order valence-corrected chi connectivity index (χ0v) is 17.4. The normalized spacial score (nSPS) is 15.3. The van der Waals surface area contributed by atoms with Gasteiger partial charge < -0.3 is 29.7 Å². The van der Waals surface area contributed by atoms with Crippen LogP contribution in [0.4, 0.5) is 11.4 Å². The maximum atomic E-state index is 12.1. The molecule has 2 amide bonds. The lowest BCUT2D eigenvalue weighted by Crippen LogP contribution is -2.36. The van der Waals surface area contributed by atoms with Crippen LogP contribution in [0.5, 0.6) is 11.5 Å². The van der Waals surface area contributed by atoms with Crippen LogP contribution in [0.2, 0.25) is 0 Å². The van der Waals surface area contributed by atoms with Gasteiger partial charge in [0.15, 0.2) is 11.5 Å². The first kappa shape index (κ1) is 21.0. The smallest absolute Gasteiger partial charge is 0.313 e. The second-order valence-corrected chi connectivity index (χ2v) is 7.44. The molecule has 0 unspecified atom stereocenters. The predicted octanol–water partition coefficient (Wildman–Crippen LogP) is 1.98. The molecule has 164 valence electrons. The number of rotatable bonds is 6. The van der Waals surface area contributed by atoms with Gasteiger partial charge in [-0.25, -0.2) is 0 Å². The molecule has 8 heteroatoms. The molecule has 0 spiro atoms. The lowest BCUT2D eigenvalue weighted by atomic mass is 10.1. The summed E-state index contributed by atoms with van der Waals surface area (Å²) in [5.41, 5.74) is 2.90. The quantitative estimate of drug-likeness (QED) is 0.544. The van der Waals surface area contributed by atoms with Gasteiger partial charge in [0.2, 0.25) is 0 Å². The minimum Gasteiger partial charge on any atom is -0.486 e. The molecule has 0 saturated carbocycles. The van der Waals surface area contributed by atoms with Crippen LogP contribution in [0.1, 0.15) is 12.0 Å². The molecule has 2 aliphatic heterocycles. The molecular weight excluding hydrogens is 398 g/mol. The third kappa shape index (κ3) is 5.67. The monoisotopic (exact) mass is 425 g/mol. The predicted molar refractivity (Wildman–Crippen MR) is 117 cm³/mol. The number of anilines is 2. The standard InChI is InChI=1S/C23H27N3O5/c27-22(23(28)25-18-5-8-20-21(16-18)31-15-14-30-20)24-9-1-2-17-3-6-19(7-4-17)26-10-12-29-13-11-26/h3-8,16H,1-2,9-15H2,(H,24,27)(H,25,28). The van der Waals surface area contributed by atoms with Gasteiger partial charge in [-0.15, -0.1) is 0 Å². The summed E-state index contributed by atoms with van der Waals surface area (Å²) >= 11 is 0. The highest BCUT2D eigenvalue weighted by Gasteiger charge is 2.16. The van der Waals surface area contributed by atoms with Crippen molar-refractivity contribution in [3.05, 3.63) is 48.0 Å². The largest absolute Gasteiger partial charge is 0.486 e. The van der Waals surface area contributed by atoms with Crippen molar-refractivity contribution in [2.75, 3.05) is 56.3 Å². The SMILES string of the molecule is O=C(NCCCc1ccc(N2CCOCC2)cc1)C(=O)Nc1ccc2c(c1)OCCO2. The van der Waals surface area contributed by atoms with Crippen LogP contribution in [-0.2, 0) is 20.7 Å². The topological polar surface area (TPSA) is 89.1 Å². The van der Waals surface area contributed by atoms with Gasteiger partial charge in [-0.05, 0) is 42.7 Å². The molecule has 1 fully saturated rings. The molecule has 31 heavy (non-hydrogen) atoms. The van der Waals surface area contributed by atoms with Gasteiger partial charge in [0.1, 0.15) is 13.2 Å². The van der Waals surface area contributed by atoms with E-state index in [4.69, 9.17) is 14.2 Å². The molecule has 0 aliphatic carbocycles. The summed E-state index contributed by atoms with van der Waals surface area (Å²) in [6.45, 7) is 4.76. The Labute approximate surface area is 181 Å². The van der Waals surface area contributed by atoms with E-state index in [1.807, 2.05) is 0 Å². The van der Waals surface area contributed by atoms with E-state index >= 15 is 0 Å². The summed E-state index contributed by atoms with van der Waals surface area (Å²) in [6, 6.07) is 13.5. The van der Waals surface area contributed by atoms with Crippen LogP contribution in [0.15, 0.2) is 42.5 Å². The van der Waals surface area contributed by atoms with Gasteiger partial charge in [-0.3, -0.25) is 9.59 Å². The van der Waals surface area contributed by atoms with E-state index in [9.17, 15) is 9.59 Å². The van der Waals surface area contributed by atoms with Crippen LogP contribution in [0, 0.1) is 0 Å². The molecule has 4 rings (SSSR count). The molecular formula is C23H27N3O5. The van der Waals surface area contributed by atoms with Crippen LogP contribution in [0.25, 0.3) is 0 Å². The molecule has 0 atom stereocenters. The minimum absolute atomic E-state index is 0.429. The fraction of sp³-hybridized carbons (Fsp3) is 0.391. The molecule has 1 saturated heterocycles. The Balaban J connectivity index is 1.18. The highest BCUT2D eigenvalue weighted by atomic mass is 16.6. The zero-order valence-electron chi connectivity index (χ0n) is 17.4. The molecule has 0 radical (unpaired) electrons. The Morgan fingerprint density at radius 3 is 2.39 bits per heavy atom. The summed E-state index contributed by atoms with van der Waals surface area (Å²) in [4.78, 5) is 26.5. The molecule has 0 aromatic heterocycles. The van der Waals surface area contributed by atoms with Crippen molar-refractivity contribution in [1.82, 2.24) is 5.32 Å².